The maximum Gasteiger partial charge on any atom is 0.248 e. The molecular formula is C12H13NO2. The maximum absolute atomic E-state index is 11.4. The first kappa shape index (κ1) is 9.93. The highest BCUT2D eigenvalue weighted by Gasteiger charge is 2.02. The number of ether oxygens (including phenoxy) is 1. The second-order valence-electron chi connectivity index (χ2n) is 3.34. The van der Waals surface area contributed by atoms with Crippen LogP contribution in [0.5, 0.6) is 0 Å². The van der Waals surface area contributed by atoms with Crippen molar-refractivity contribution < 1.29 is 4.74 Å². The van der Waals surface area contributed by atoms with Gasteiger partial charge in [-0.15, -0.1) is 0 Å². The van der Waals surface area contributed by atoms with Gasteiger partial charge in [0.25, 0.3) is 0 Å². The molecule has 3 heteroatoms. The van der Waals surface area contributed by atoms with E-state index in [1.54, 1.807) is 6.07 Å². The fourth-order valence-electron chi connectivity index (χ4n) is 1.61. The standard InChI is InChI=1S/C12H13NO2/c1-2-15-8-9-7-12(14)13-11-6-4-3-5-10(9)11/h3-7H,2,8H2,1H3,(H,13,14). The Labute approximate surface area is 87.7 Å². The number of hydrogen-bond donors (Lipinski definition) is 1. The van der Waals surface area contributed by atoms with E-state index >= 15 is 0 Å². The minimum Gasteiger partial charge on any atom is -0.377 e. The van der Waals surface area contributed by atoms with Gasteiger partial charge in [0.2, 0.25) is 5.56 Å². The van der Waals surface area contributed by atoms with Gasteiger partial charge in [0.1, 0.15) is 0 Å². The molecule has 0 aliphatic rings. The molecule has 78 valence electrons. The zero-order valence-electron chi connectivity index (χ0n) is 8.62. The van der Waals surface area contributed by atoms with Gasteiger partial charge in [-0.25, -0.2) is 0 Å². The first-order chi connectivity index (χ1) is 7.31. The Bertz CT molecular complexity index is 516. The van der Waals surface area contributed by atoms with E-state index in [1.165, 1.54) is 0 Å². The molecule has 0 radical (unpaired) electrons. The Morgan fingerprint density at radius 1 is 1.33 bits per heavy atom. The average Bonchev–Trinajstić information content (AvgIpc) is 2.25. The zero-order chi connectivity index (χ0) is 10.7. The van der Waals surface area contributed by atoms with Gasteiger partial charge in [0.05, 0.1) is 6.61 Å². The molecule has 2 aromatic rings. The largest absolute Gasteiger partial charge is 0.377 e. The van der Waals surface area contributed by atoms with Gasteiger partial charge >= 0.3 is 0 Å². The number of nitrogens with one attached hydrogen (secondary N) is 1. The van der Waals surface area contributed by atoms with E-state index in [-0.39, 0.29) is 5.56 Å². The lowest BCUT2D eigenvalue weighted by Gasteiger charge is -2.05. The summed E-state index contributed by atoms with van der Waals surface area (Å²) in [4.78, 5) is 14.2. The van der Waals surface area contributed by atoms with Crippen LogP contribution in [0.15, 0.2) is 35.1 Å². The molecule has 0 fully saturated rings. The third-order valence-corrected chi connectivity index (χ3v) is 2.30. The molecule has 0 aliphatic heterocycles. The second kappa shape index (κ2) is 4.28. The molecule has 3 nitrogen and oxygen atoms in total. The molecule has 0 aliphatic carbocycles. The van der Waals surface area contributed by atoms with E-state index < -0.39 is 0 Å². The van der Waals surface area contributed by atoms with Crippen molar-refractivity contribution >= 4 is 10.9 Å². The third-order valence-electron chi connectivity index (χ3n) is 2.30. The molecule has 2 rings (SSSR count). The molecule has 0 unspecified atom stereocenters. The molecule has 0 saturated heterocycles. The van der Waals surface area contributed by atoms with Gasteiger partial charge in [-0.05, 0) is 18.6 Å². The fourth-order valence-corrected chi connectivity index (χ4v) is 1.61. The van der Waals surface area contributed by atoms with Crippen molar-refractivity contribution in [1.82, 2.24) is 4.98 Å². The average molecular weight is 203 g/mol. The summed E-state index contributed by atoms with van der Waals surface area (Å²) >= 11 is 0. The molecule has 0 atom stereocenters. The van der Waals surface area contributed by atoms with Crippen molar-refractivity contribution in [2.75, 3.05) is 6.61 Å². The van der Waals surface area contributed by atoms with Crippen LogP contribution in [-0.2, 0) is 11.3 Å². The number of aromatic nitrogens is 1. The van der Waals surface area contributed by atoms with Gasteiger partial charge in [-0.1, -0.05) is 18.2 Å². The van der Waals surface area contributed by atoms with E-state index in [9.17, 15) is 4.79 Å². The number of rotatable bonds is 3. The summed E-state index contributed by atoms with van der Waals surface area (Å²) in [7, 11) is 0. The molecule has 15 heavy (non-hydrogen) atoms. The number of hydrogen-bond acceptors (Lipinski definition) is 2. The van der Waals surface area contributed by atoms with Crippen LogP contribution in [0.2, 0.25) is 0 Å². The fraction of sp³-hybridized carbons (Fsp3) is 0.250. The van der Waals surface area contributed by atoms with E-state index in [2.05, 4.69) is 4.98 Å². The summed E-state index contributed by atoms with van der Waals surface area (Å²) in [5.74, 6) is 0. The molecule has 1 aromatic heterocycles. The number of aromatic amines is 1. The van der Waals surface area contributed by atoms with Crippen molar-refractivity contribution in [3.05, 3.63) is 46.2 Å². The van der Waals surface area contributed by atoms with Crippen molar-refractivity contribution in [3.63, 3.8) is 0 Å². The van der Waals surface area contributed by atoms with Gasteiger partial charge in [-0.2, -0.15) is 0 Å². The molecule has 1 aromatic carbocycles. The van der Waals surface area contributed by atoms with Crippen molar-refractivity contribution in [2.45, 2.75) is 13.5 Å². The summed E-state index contributed by atoms with van der Waals surface area (Å²) < 4.78 is 5.33. The predicted octanol–water partition coefficient (Wildman–Crippen LogP) is 2.06. The maximum atomic E-state index is 11.4. The van der Waals surface area contributed by atoms with Crippen LogP contribution in [0.25, 0.3) is 10.9 Å². The SMILES string of the molecule is CCOCc1cc(=O)[nH]c2ccccc12. The Kier molecular flexibility index (Phi) is 2.83. The van der Waals surface area contributed by atoms with Gasteiger partial charge in [-0.3, -0.25) is 4.79 Å². The highest BCUT2D eigenvalue weighted by molar-refractivity contribution is 5.81. The summed E-state index contributed by atoms with van der Waals surface area (Å²) in [5, 5.41) is 1.05. The number of fused-ring (bicyclic) bond motifs is 1. The zero-order valence-corrected chi connectivity index (χ0v) is 8.62. The first-order valence-corrected chi connectivity index (χ1v) is 5.00. The monoisotopic (exact) mass is 203 g/mol. The Morgan fingerprint density at radius 2 is 2.13 bits per heavy atom. The molecular weight excluding hydrogens is 190 g/mol. The molecule has 0 saturated carbocycles. The number of H-pyrrole nitrogens is 1. The van der Waals surface area contributed by atoms with Gasteiger partial charge in [0.15, 0.2) is 0 Å². The van der Waals surface area contributed by atoms with E-state index in [1.807, 2.05) is 31.2 Å². The van der Waals surface area contributed by atoms with Crippen LogP contribution in [0.3, 0.4) is 0 Å². The smallest absolute Gasteiger partial charge is 0.248 e. The first-order valence-electron chi connectivity index (χ1n) is 5.00. The summed E-state index contributed by atoms with van der Waals surface area (Å²) in [6, 6.07) is 9.34. The van der Waals surface area contributed by atoms with E-state index in [0.29, 0.717) is 13.2 Å². The van der Waals surface area contributed by atoms with Gasteiger partial charge in [0, 0.05) is 23.6 Å². The summed E-state index contributed by atoms with van der Waals surface area (Å²) in [5.41, 5.74) is 1.72. The number of benzene rings is 1. The normalized spacial score (nSPS) is 10.7. The number of pyridine rings is 1. The van der Waals surface area contributed by atoms with Crippen LogP contribution in [0.1, 0.15) is 12.5 Å². The third kappa shape index (κ3) is 2.07. The molecule has 1 N–H and O–H groups in total. The van der Waals surface area contributed by atoms with Crippen LogP contribution in [0, 0.1) is 0 Å². The Hall–Kier alpha value is -1.61. The van der Waals surface area contributed by atoms with E-state index in [0.717, 1.165) is 16.5 Å². The van der Waals surface area contributed by atoms with Gasteiger partial charge < -0.3 is 9.72 Å². The molecule has 0 spiro atoms. The van der Waals surface area contributed by atoms with Crippen molar-refractivity contribution in [3.8, 4) is 0 Å². The quantitative estimate of drug-likeness (QED) is 0.829. The Balaban J connectivity index is 2.55. The minimum absolute atomic E-state index is 0.0802. The van der Waals surface area contributed by atoms with Crippen LogP contribution in [-0.4, -0.2) is 11.6 Å². The Morgan fingerprint density at radius 3 is 2.93 bits per heavy atom. The number of para-hydroxylation sites is 1. The molecule has 0 amide bonds. The highest BCUT2D eigenvalue weighted by Crippen LogP contribution is 2.14. The lowest BCUT2D eigenvalue weighted by atomic mass is 10.1. The summed E-state index contributed by atoms with van der Waals surface area (Å²) in [6.07, 6.45) is 0. The second-order valence-corrected chi connectivity index (χ2v) is 3.34. The highest BCUT2D eigenvalue weighted by atomic mass is 16.5. The lowest BCUT2D eigenvalue weighted by Crippen LogP contribution is -2.07. The minimum atomic E-state index is -0.0802. The molecule has 1 heterocycles. The van der Waals surface area contributed by atoms with Crippen LogP contribution >= 0.6 is 0 Å². The topological polar surface area (TPSA) is 42.1 Å². The predicted molar refractivity (Wildman–Crippen MR) is 59.9 cm³/mol. The van der Waals surface area contributed by atoms with Crippen molar-refractivity contribution in [1.29, 1.82) is 0 Å². The molecule has 0 bridgehead atoms. The van der Waals surface area contributed by atoms with Crippen LogP contribution < -0.4 is 5.56 Å². The van der Waals surface area contributed by atoms with E-state index in [4.69, 9.17) is 4.74 Å². The lowest BCUT2D eigenvalue weighted by molar-refractivity contribution is 0.135. The van der Waals surface area contributed by atoms with Crippen LogP contribution in [0.4, 0.5) is 0 Å². The summed E-state index contributed by atoms with van der Waals surface area (Å²) in [6.45, 7) is 3.08. The van der Waals surface area contributed by atoms with Crippen molar-refractivity contribution in [2.24, 2.45) is 0 Å².